The number of piperidine rings is 1. The molecule has 1 aromatic carbocycles. The molecule has 4 rings (SSSR count). The molecular formula is C24H33FN2O3. The van der Waals surface area contributed by atoms with Gasteiger partial charge < -0.3 is 14.3 Å². The number of rotatable bonds is 9. The van der Waals surface area contributed by atoms with Crippen LogP contribution >= 0.6 is 0 Å². The number of ether oxygens (including phenoxy) is 1. The average molecular weight is 417 g/mol. The maximum absolute atomic E-state index is 14.0. The molecule has 30 heavy (non-hydrogen) atoms. The number of nitrogens with zero attached hydrogens (tertiary/aromatic N) is 2. The van der Waals surface area contributed by atoms with Crippen molar-refractivity contribution in [3.8, 4) is 0 Å². The minimum Gasteiger partial charge on any atom is -0.462 e. The molecule has 1 N–H and O–H groups in total. The SMILES string of the molecule is OCc1ccc(CN(CC2CCN(Cc3ccccc3F)CC2)CC2CCCO2)o1. The molecule has 1 unspecified atom stereocenters. The highest BCUT2D eigenvalue weighted by atomic mass is 19.1. The first kappa shape index (κ1) is 21.5. The summed E-state index contributed by atoms with van der Waals surface area (Å²) in [6.45, 7) is 6.18. The van der Waals surface area contributed by atoms with Crippen LogP contribution in [-0.2, 0) is 24.4 Å². The van der Waals surface area contributed by atoms with Crippen LogP contribution in [0.25, 0.3) is 0 Å². The predicted molar refractivity (Wildman–Crippen MR) is 113 cm³/mol. The standard InChI is InChI=1S/C24H33FN2O3/c25-24-6-2-1-4-20(24)15-26-11-9-19(10-12-26)14-27(16-21-5-3-13-29-21)17-22-7-8-23(18-28)30-22/h1-2,4,6-8,19,21,28H,3,5,9-18H2. The van der Waals surface area contributed by atoms with Crippen molar-refractivity contribution in [1.29, 1.82) is 0 Å². The monoisotopic (exact) mass is 416 g/mol. The van der Waals surface area contributed by atoms with Gasteiger partial charge in [-0.1, -0.05) is 18.2 Å². The normalized spacial score (nSPS) is 21.0. The number of benzene rings is 1. The minimum atomic E-state index is -0.108. The summed E-state index contributed by atoms with van der Waals surface area (Å²) >= 11 is 0. The largest absolute Gasteiger partial charge is 0.462 e. The molecule has 5 nitrogen and oxygen atoms in total. The number of hydrogen-bond donors (Lipinski definition) is 1. The minimum absolute atomic E-state index is 0.0633. The fourth-order valence-electron chi connectivity index (χ4n) is 4.65. The second-order valence-electron chi connectivity index (χ2n) is 8.67. The first-order chi connectivity index (χ1) is 14.7. The van der Waals surface area contributed by atoms with E-state index < -0.39 is 0 Å². The highest BCUT2D eigenvalue weighted by molar-refractivity contribution is 5.17. The van der Waals surface area contributed by atoms with Crippen molar-refractivity contribution in [1.82, 2.24) is 9.80 Å². The van der Waals surface area contributed by atoms with Gasteiger partial charge in [0.05, 0.1) is 12.6 Å². The van der Waals surface area contributed by atoms with E-state index in [1.54, 1.807) is 12.1 Å². The molecular weight excluding hydrogens is 383 g/mol. The Morgan fingerprint density at radius 1 is 1.03 bits per heavy atom. The smallest absolute Gasteiger partial charge is 0.129 e. The van der Waals surface area contributed by atoms with Crippen LogP contribution in [0.1, 0.15) is 42.8 Å². The van der Waals surface area contributed by atoms with Crippen LogP contribution in [0.2, 0.25) is 0 Å². The van der Waals surface area contributed by atoms with Crippen LogP contribution in [-0.4, -0.2) is 53.8 Å². The van der Waals surface area contributed by atoms with Crippen molar-refractivity contribution in [2.24, 2.45) is 5.92 Å². The van der Waals surface area contributed by atoms with Gasteiger partial charge in [-0.15, -0.1) is 0 Å². The van der Waals surface area contributed by atoms with Gasteiger partial charge in [0, 0.05) is 31.8 Å². The van der Waals surface area contributed by atoms with Crippen LogP contribution in [0.15, 0.2) is 40.8 Å². The molecule has 0 saturated carbocycles. The second kappa shape index (κ2) is 10.5. The number of halogens is 1. The molecule has 0 amide bonds. The number of aliphatic hydroxyl groups excluding tert-OH is 1. The Morgan fingerprint density at radius 3 is 2.53 bits per heavy atom. The molecule has 2 aromatic rings. The second-order valence-corrected chi connectivity index (χ2v) is 8.67. The lowest BCUT2D eigenvalue weighted by molar-refractivity contribution is 0.0540. The van der Waals surface area contributed by atoms with Gasteiger partial charge in [0.15, 0.2) is 0 Å². The van der Waals surface area contributed by atoms with E-state index in [1.807, 2.05) is 24.3 Å². The summed E-state index contributed by atoms with van der Waals surface area (Å²) in [4.78, 5) is 4.81. The van der Waals surface area contributed by atoms with E-state index in [4.69, 9.17) is 9.15 Å². The number of furan rings is 1. The molecule has 3 heterocycles. The summed E-state index contributed by atoms with van der Waals surface area (Å²) in [6.07, 6.45) is 4.81. The summed E-state index contributed by atoms with van der Waals surface area (Å²) in [5.74, 6) is 2.02. The number of hydrogen-bond acceptors (Lipinski definition) is 5. The zero-order valence-corrected chi connectivity index (χ0v) is 17.6. The molecule has 2 aliphatic rings. The fourth-order valence-corrected chi connectivity index (χ4v) is 4.65. The lowest BCUT2D eigenvalue weighted by Gasteiger charge is -2.35. The quantitative estimate of drug-likeness (QED) is 0.674. The topological polar surface area (TPSA) is 49.1 Å². The van der Waals surface area contributed by atoms with Gasteiger partial charge in [0.2, 0.25) is 0 Å². The molecule has 0 spiro atoms. The van der Waals surface area contributed by atoms with Crippen molar-refractivity contribution in [3.05, 3.63) is 59.3 Å². The third-order valence-electron chi connectivity index (χ3n) is 6.31. The molecule has 0 aliphatic carbocycles. The summed E-state index contributed by atoms with van der Waals surface area (Å²) < 4.78 is 25.6. The van der Waals surface area contributed by atoms with Gasteiger partial charge in [0.25, 0.3) is 0 Å². The molecule has 6 heteroatoms. The molecule has 1 atom stereocenters. The predicted octanol–water partition coefficient (Wildman–Crippen LogP) is 3.80. The first-order valence-electron chi connectivity index (χ1n) is 11.2. The summed E-state index contributed by atoms with van der Waals surface area (Å²) in [5, 5.41) is 9.27. The summed E-state index contributed by atoms with van der Waals surface area (Å²) in [6, 6.07) is 10.9. The van der Waals surface area contributed by atoms with E-state index in [-0.39, 0.29) is 12.4 Å². The molecule has 1 aromatic heterocycles. The number of likely N-dealkylation sites (tertiary alicyclic amines) is 1. The Labute approximate surface area is 178 Å². The maximum Gasteiger partial charge on any atom is 0.129 e. The molecule has 164 valence electrons. The summed E-state index contributed by atoms with van der Waals surface area (Å²) in [5.41, 5.74) is 0.786. The lowest BCUT2D eigenvalue weighted by Crippen LogP contribution is -2.40. The highest BCUT2D eigenvalue weighted by Crippen LogP contribution is 2.23. The van der Waals surface area contributed by atoms with E-state index in [0.717, 1.165) is 76.3 Å². The van der Waals surface area contributed by atoms with Gasteiger partial charge in [-0.3, -0.25) is 9.80 Å². The van der Waals surface area contributed by atoms with Crippen LogP contribution in [0, 0.1) is 11.7 Å². The Bertz CT molecular complexity index is 782. The van der Waals surface area contributed by atoms with E-state index in [9.17, 15) is 9.50 Å². The van der Waals surface area contributed by atoms with Gasteiger partial charge in [-0.25, -0.2) is 4.39 Å². The highest BCUT2D eigenvalue weighted by Gasteiger charge is 2.25. The van der Waals surface area contributed by atoms with E-state index >= 15 is 0 Å². The Kier molecular flexibility index (Phi) is 7.55. The summed E-state index contributed by atoms with van der Waals surface area (Å²) in [7, 11) is 0. The van der Waals surface area contributed by atoms with Crippen LogP contribution < -0.4 is 0 Å². The fraction of sp³-hybridized carbons (Fsp3) is 0.583. The van der Waals surface area contributed by atoms with Gasteiger partial charge >= 0.3 is 0 Å². The zero-order chi connectivity index (χ0) is 20.8. The Morgan fingerprint density at radius 2 is 1.83 bits per heavy atom. The lowest BCUT2D eigenvalue weighted by atomic mass is 9.95. The van der Waals surface area contributed by atoms with Crippen molar-refractivity contribution in [2.45, 2.75) is 51.5 Å². The van der Waals surface area contributed by atoms with Gasteiger partial charge in [-0.2, -0.15) is 0 Å². The Hall–Kier alpha value is -1.73. The number of aliphatic hydroxyl groups is 1. The Balaban J connectivity index is 1.30. The molecule has 0 radical (unpaired) electrons. The van der Waals surface area contributed by atoms with Gasteiger partial charge in [0.1, 0.15) is 23.9 Å². The van der Waals surface area contributed by atoms with Crippen molar-refractivity contribution in [3.63, 3.8) is 0 Å². The molecule has 2 fully saturated rings. The van der Waals surface area contributed by atoms with E-state index in [1.165, 1.54) is 0 Å². The van der Waals surface area contributed by atoms with Gasteiger partial charge in [-0.05, 0) is 62.9 Å². The maximum atomic E-state index is 14.0. The first-order valence-corrected chi connectivity index (χ1v) is 11.2. The van der Waals surface area contributed by atoms with E-state index in [0.29, 0.717) is 24.3 Å². The van der Waals surface area contributed by atoms with Crippen LogP contribution in [0.3, 0.4) is 0 Å². The molecule has 0 bridgehead atoms. The third-order valence-corrected chi connectivity index (χ3v) is 6.31. The van der Waals surface area contributed by atoms with Crippen molar-refractivity contribution < 1.29 is 18.7 Å². The molecule has 2 aliphatic heterocycles. The average Bonchev–Trinajstić information content (AvgIpc) is 3.43. The molecule has 2 saturated heterocycles. The van der Waals surface area contributed by atoms with Crippen molar-refractivity contribution in [2.75, 3.05) is 32.8 Å². The van der Waals surface area contributed by atoms with Crippen molar-refractivity contribution >= 4 is 0 Å². The zero-order valence-electron chi connectivity index (χ0n) is 17.6. The van der Waals surface area contributed by atoms with E-state index in [2.05, 4.69) is 9.80 Å². The third kappa shape index (κ3) is 5.91. The van der Waals surface area contributed by atoms with Crippen LogP contribution in [0.5, 0.6) is 0 Å². The van der Waals surface area contributed by atoms with Crippen LogP contribution in [0.4, 0.5) is 4.39 Å².